The second-order valence-corrected chi connectivity index (χ2v) is 15.3. The number of carbonyl (C=O) groups excluding carboxylic acids is 6. The lowest BCUT2D eigenvalue weighted by molar-refractivity contribution is -0.136. The van der Waals surface area contributed by atoms with Crippen LogP contribution in [0.4, 0.5) is 0 Å². The summed E-state index contributed by atoms with van der Waals surface area (Å²) in [4.78, 5) is 95.1. The van der Waals surface area contributed by atoms with Gasteiger partial charge in [0, 0.05) is 89.8 Å². The minimum Gasteiger partial charge on any atom is -0.361 e. The first-order chi connectivity index (χ1) is 30.6. The lowest BCUT2D eigenvalue weighted by Crippen LogP contribution is -2.62. The highest BCUT2D eigenvalue weighted by molar-refractivity contribution is 5.99. The fourth-order valence-electron chi connectivity index (χ4n) is 7.80. The molecule has 0 radical (unpaired) electrons. The normalized spacial score (nSPS) is 21.7. The van der Waals surface area contributed by atoms with Crippen LogP contribution in [0.5, 0.6) is 0 Å². The Morgan fingerprint density at radius 1 is 0.365 bits per heavy atom. The van der Waals surface area contributed by atoms with Crippen LogP contribution in [0.3, 0.4) is 0 Å². The Bertz CT molecular complexity index is 2530. The van der Waals surface area contributed by atoms with Gasteiger partial charge in [0.2, 0.25) is 35.4 Å². The molecule has 9 N–H and O–H groups in total. The number of H-pyrrole nitrogens is 3. The van der Waals surface area contributed by atoms with E-state index in [1.165, 1.54) is 0 Å². The summed E-state index contributed by atoms with van der Waals surface area (Å²) in [5.74, 6) is 2.53. The summed E-state index contributed by atoms with van der Waals surface area (Å²) < 4.78 is 0. The number of para-hydroxylation sites is 3. The summed E-state index contributed by atoms with van der Waals surface area (Å²) >= 11 is 0. The molecule has 0 aliphatic carbocycles. The number of carbonyl (C=O) groups is 6. The molecule has 1 aliphatic heterocycles. The van der Waals surface area contributed by atoms with Crippen LogP contribution in [0.15, 0.2) is 91.4 Å². The number of nitrogens with one attached hydrogen (secondary N) is 9. The Balaban J connectivity index is 1.28. The van der Waals surface area contributed by atoms with Crippen molar-refractivity contribution in [2.24, 2.45) is 0 Å². The van der Waals surface area contributed by atoms with Gasteiger partial charge < -0.3 is 46.9 Å². The van der Waals surface area contributed by atoms with E-state index < -0.39 is 71.7 Å². The molecule has 4 heterocycles. The van der Waals surface area contributed by atoms with Gasteiger partial charge >= 0.3 is 0 Å². The van der Waals surface area contributed by atoms with E-state index in [4.69, 9.17) is 19.3 Å². The molecule has 0 saturated carbocycles. The number of aromatic nitrogens is 3. The average Bonchev–Trinajstić information content (AvgIpc) is 4.02. The number of fused-ring (bicyclic) bond motifs is 3. The summed E-state index contributed by atoms with van der Waals surface area (Å²) in [6, 6.07) is 14.1. The van der Waals surface area contributed by atoms with E-state index in [2.05, 4.69) is 64.6 Å². The molecule has 318 valence electrons. The Hall–Kier alpha value is -8.22. The molecule has 6 aromatic rings. The number of benzene rings is 3. The molecule has 0 spiro atoms. The molecule has 7 rings (SSSR count). The summed E-state index contributed by atoms with van der Waals surface area (Å²) in [6.07, 6.45) is 21.2. The minimum atomic E-state index is -1.38. The zero-order valence-corrected chi connectivity index (χ0v) is 34.0. The van der Waals surface area contributed by atoms with Gasteiger partial charge in [-0.2, -0.15) is 0 Å². The first-order valence-electron chi connectivity index (χ1n) is 20.3. The number of amides is 6. The van der Waals surface area contributed by atoms with Crippen LogP contribution >= 0.6 is 0 Å². The molecule has 1 aliphatic rings. The van der Waals surface area contributed by atoms with Crippen molar-refractivity contribution in [1.29, 1.82) is 0 Å². The van der Waals surface area contributed by atoms with E-state index >= 15 is 0 Å². The molecule has 0 unspecified atom stereocenters. The third kappa shape index (κ3) is 9.88. The Morgan fingerprint density at radius 2 is 0.603 bits per heavy atom. The fraction of sp³-hybridized carbons (Fsp3) is 0.250. The van der Waals surface area contributed by atoms with Crippen molar-refractivity contribution in [2.75, 3.05) is 0 Å². The van der Waals surface area contributed by atoms with Gasteiger partial charge in [-0.25, -0.2) is 0 Å². The molecule has 63 heavy (non-hydrogen) atoms. The maximum atomic E-state index is 14.3. The van der Waals surface area contributed by atoms with Crippen LogP contribution in [0.25, 0.3) is 32.7 Å². The van der Waals surface area contributed by atoms with Gasteiger partial charge in [0.05, 0.1) is 0 Å². The summed E-state index contributed by atoms with van der Waals surface area (Å²) in [5.41, 5.74) is 4.36. The van der Waals surface area contributed by atoms with Crippen LogP contribution in [0.1, 0.15) is 36.0 Å². The second-order valence-electron chi connectivity index (χ2n) is 15.3. The second kappa shape index (κ2) is 19.4. The highest BCUT2D eigenvalue weighted by Crippen LogP contribution is 2.22. The highest BCUT2D eigenvalue weighted by atomic mass is 16.2. The number of rotatable bonds is 9. The van der Waals surface area contributed by atoms with Crippen molar-refractivity contribution in [1.82, 2.24) is 46.9 Å². The molecule has 3 aromatic carbocycles. The molecule has 6 atom stereocenters. The molecule has 15 nitrogen and oxygen atoms in total. The van der Waals surface area contributed by atoms with Gasteiger partial charge in [-0.3, -0.25) is 28.8 Å². The number of aromatic amines is 3. The average molecular weight is 844 g/mol. The van der Waals surface area contributed by atoms with Crippen molar-refractivity contribution in [3.05, 3.63) is 108 Å². The first-order valence-corrected chi connectivity index (χ1v) is 20.3. The molecule has 0 bridgehead atoms. The lowest BCUT2D eigenvalue weighted by atomic mass is 10.0. The minimum absolute atomic E-state index is 0.0515. The van der Waals surface area contributed by atoms with E-state index in [-0.39, 0.29) is 38.5 Å². The third-order valence-corrected chi connectivity index (χ3v) is 11.1. The summed E-state index contributed by atoms with van der Waals surface area (Å²) in [6.45, 7) is 0. The molecule has 15 heteroatoms. The molecule has 1 saturated heterocycles. The van der Waals surface area contributed by atoms with E-state index in [9.17, 15) is 28.8 Å². The fourth-order valence-corrected chi connectivity index (χ4v) is 7.80. The molecular formula is C48H45N9O6. The van der Waals surface area contributed by atoms with Gasteiger partial charge in [0.1, 0.15) is 36.3 Å². The van der Waals surface area contributed by atoms with Crippen LogP contribution in [0.2, 0.25) is 0 Å². The van der Waals surface area contributed by atoms with Crippen molar-refractivity contribution < 1.29 is 28.8 Å². The first kappa shape index (κ1) is 42.9. The Labute approximate surface area is 362 Å². The molecule has 6 amide bonds. The van der Waals surface area contributed by atoms with Crippen LogP contribution in [0, 0.1) is 37.0 Å². The molecule has 3 aromatic heterocycles. The smallest absolute Gasteiger partial charge is 0.244 e. The largest absolute Gasteiger partial charge is 0.361 e. The van der Waals surface area contributed by atoms with Gasteiger partial charge in [-0.1, -0.05) is 54.6 Å². The monoisotopic (exact) mass is 843 g/mol. The van der Waals surface area contributed by atoms with E-state index in [1.54, 1.807) is 18.6 Å². The van der Waals surface area contributed by atoms with E-state index in [1.807, 2.05) is 72.8 Å². The maximum absolute atomic E-state index is 14.3. The third-order valence-electron chi connectivity index (χ3n) is 11.1. The maximum Gasteiger partial charge on any atom is 0.244 e. The SMILES string of the molecule is C#CC[C@@H]1NC(=O)[C@H](Cc2c[nH]c3ccccc23)NC(=O)[C@H](CC#C)NC(=O)[C@H](Cc2c[nH]c3ccccc23)NC(=O)[C@H](CC#C)NC(=O)[C@H](Cc2c[nH]c3ccccc23)NC1=O. The predicted octanol–water partition coefficient (Wildman–Crippen LogP) is 2.15. The number of hydrogen-bond donors (Lipinski definition) is 9. The zero-order valence-electron chi connectivity index (χ0n) is 34.0. The van der Waals surface area contributed by atoms with Gasteiger partial charge in [0.15, 0.2) is 0 Å². The van der Waals surface area contributed by atoms with Crippen LogP contribution < -0.4 is 31.9 Å². The molecule has 1 fully saturated rings. The van der Waals surface area contributed by atoms with Gasteiger partial charge in [-0.05, 0) is 34.9 Å². The van der Waals surface area contributed by atoms with Crippen LogP contribution in [-0.2, 0) is 48.0 Å². The molecular weight excluding hydrogens is 799 g/mol. The van der Waals surface area contributed by atoms with Gasteiger partial charge in [-0.15, -0.1) is 37.0 Å². The standard InChI is InChI=1S/C48H45N9O6/c1-4-13-37-43(58)55-41(23-29-26-50-35-20-11-8-17-32(29)35)47(62)53-39(15-6-3)45(60)57-42(24-30-27-51-36-21-12-9-18-33(30)36)48(63)54-38(14-5-2)44(59)56-40(46(61)52-37)22-28-25-49-34-19-10-7-16-31(28)34/h1-3,7-12,16-21,25-27,37-42,49-51H,13-15,22-24H2,(H,52,61)(H,53,62)(H,54,63)(H,55,58)(H,56,59)(H,57,60)/t37-,38-,39-,40-,41-,42-/m0/s1. The Morgan fingerprint density at radius 3 is 0.873 bits per heavy atom. The summed E-state index contributed by atoms with van der Waals surface area (Å²) in [7, 11) is 0. The van der Waals surface area contributed by atoms with Crippen molar-refractivity contribution >= 4 is 68.2 Å². The van der Waals surface area contributed by atoms with Gasteiger partial charge in [0.25, 0.3) is 0 Å². The highest BCUT2D eigenvalue weighted by Gasteiger charge is 2.35. The Kier molecular flexibility index (Phi) is 13.2. The zero-order chi connectivity index (χ0) is 44.5. The quantitative estimate of drug-likeness (QED) is 0.0993. The topological polar surface area (TPSA) is 222 Å². The number of terminal acetylenes is 3. The van der Waals surface area contributed by atoms with Crippen molar-refractivity contribution in [3.8, 4) is 37.0 Å². The van der Waals surface area contributed by atoms with E-state index in [0.29, 0.717) is 16.7 Å². The lowest BCUT2D eigenvalue weighted by Gasteiger charge is -2.28. The summed E-state index contributed by atoms with van der Waals surface area (Å²) in [5, 5.41) is 18.7. The van der Waals surface area contributed by atoms with E-state index in [0.717, 1.165) is 32.7 Å². The van der Waals surface area contributed by atoms with Crippen LogP contribution in [-0.4, -0.2) is 86.6 Å². The van der Waals surface area contributed by atoms with Crippen molar-refractivity contribution in [3.63, 3.8) is 0 Å². The predicted molar refractivity (Wildman–Crippen MR) is 238 cm³/mol. The number of hydrogen-bond acceptors (Lipinski definition) is 6. The van der Waals surface area contributed by atoms with Crippen molar-refractivity contribution in [2.45, 2.75) is 74.8 Å².